The summed E-state index contributed by atoms with van der Waals surface area (Å²) in [5.74, 6) is 0. The molecule has 0 saturated heterocycles. The Hall–Kier alpha value is 4.88. The average molecular weight is 331 g/mol. The summed E-state index contributed by atoms with van der Waals surface area (Å²) in [5.41, 5.74) is 0. The molecule has 0 bridgehead atoms. The molecule has 0 aliphatic carbocycles. The number of phosphoric acid groups is 2. The minimum absolute atomic E-state index is 0. The van der Waals surface area contributed by atoms with E-state index >= 15 is 0 Å². The molecular weight excluding hydrogens is 331 g/mol. The fourth-order valence-electron chi connectivity index (χ4n) is 0.122. The van der Waals surface area contributed by atoms with Crippen molar-refractivity contribution in [2.24, 2.45) is 0 Å². The van der Waals surface area contributed by atoms with Crippen LogP contribution in [0.3, 0.4) is 0 Å². The van der Waals surface area contributed by atoms with Crippen LogP contribution in [0.1, 0.15) is 0 Å². The summed E-state index contributed by atoms with van der Waals surface area (Å²) < 4.78 is 21.2. The topological polar surface area (TPSA) is 136 Å². The molecule has 0 aromatic heterocycles. The second-order valence-electron chi connectivity index (χ2n) is 0.976. The van der Waals surface area contributed by atoms with Gasteiger partial charge in [-0.05, 0) is 0 Å². The Morgan fingerprint density at radius 3 is 0.857 bits per heavy atom. The molecule has 0 fully saturated rings. The first-order valence-electron chi connectivity index (χ1n) is 1.46. The van der Waals surface area contributed by atoms with Crippen molar-refractivity contribution in [1.82, 2.24) is 0 Å². The van der Waals surface area contributed by atoms with Crippen LogP contribution in [-0.2, 0) is 32.9 Å². The third-order valence-electron chi connectivity index (χ3n) is 0.200. The van der Waals surface area contributed by atoms with Gasteiger partial charge in [0.25, 0.3) is 0 Å². The van der Waals surface area contributed by atoms with Crippen LogP contribution in [0.25, 0.3) is 0 Å². The first kappa shape index (κ1) is 36.4. The van der Waals surface area contributed by atoms with Crippen molar-refractivity contribution in [1.29, 1.82) is 0 Å². The molecule has 0 unspecified atom stereocenters. The maximum Gasteiger partial charge on any atom is 2.00 e. The van der Waals surface area contributed by atoms with Gasteiger partial charge in [-0.15, -0.1) is 0 Å². The summed E-state index contributed by atoms with van der Waals surface area (Å²) in [6.07, 6.45) is 0. The average Bonchev–Trinajstić information content (AvgIpc) is 1.14. The van der Waals surface area contributed by atoms with Crippen molar-refractivity contribution in [3.05, 3.63) is 0 Å². The molecule has 0 aromatic carbocycles. The van der Waals surface area contributed by atoms with Crippen LogP contribution in [0.2, 0.25) is 0 Å². The predicted molar refractivity (Wildman–Crippen MR) is 16.3 cm³/mol. The summed E-state index contributed by atoms with van der Waals surface area (Å²) >= 11 is 0. The molecule has 0 atom stereocenters. The molecule has 7 nitrogen and oxygen atoms in total. The summed E-state index contributed by atoms with van der Waals surface area (Å²) in [5, 5.41) is 0. The molecule has 14 heavy (non-hydrogen) atoms. The van der Waals surface area contributed by atoms with E-state index in [0.29, 0.717) is 0 Å². The molecule has 0 radical (unpaired) electrons. The zero-order valence-corrected chi connectivity index (χ0v) is 21.2. The van der Waals surface area contributed by atoms with Crippen molar-refractivity contribution in [2.45, 2.75) is 0 Å². The van der Waals surface area contributed by atoms with Crippen LogP contribution < -0.4 is 138 Å². The standard InChI is InChI=1S/4Na.H4O7P2.Zn/c;;;;1-8(2,3)7-9(4,5)6;/h;;;;(H2,1,2,3)(H2,4,5,6);/q4*+1;;+2/p-4. The monoisotopic (exact) mass is 330 g/mol. The van der Waals surface area contributed by atoms with Crippen molar-refractivity contribution < 1.29 is 171 Å². The van der Waals surface area contributed by atoms with Gasteiger partial charge in [0.05, 0.1) is 15.6 Å². The van der Waals surface area contributed by atoms with E-state index in [-0.39, 0.29) is 138 Å². The van der Waals surface area contributed by atoms with E-state index in [0.717, 1.165) is 0 Å². The molecule has 0 aliphatic rings. The molecule has 0 aliphatic heterocycles. The SMILES string of the molecule is O=P([O-])([O-])OP(=O)([O-])[O-].[Na+].[Na+].[Na+].[Na+].[Zn+2]. The van der Waals surface area contributed by atoms with Crippen molar-refractivity contribution in [3.63, 3.8) is 0 Å². The first-order chi connectivity index (χ1) is 3.71. The Morgan fingerprint density at radius 2 is 0.857 bits per heavy atom. The van der Waals surface area contributed by atoms with Gasteiger partial charge in [0.1, 0.15) is 0 Å². The summed E-state index contributed by atoms with van der Waals surface area (Å²) in [6.45, 7) is 0. The zero-order valence-electron chi connectivity index (χ0n) is 8.46. The Bertz CT molecular complexity index is 164. The molecular formula is Na4O7P2Zn+2. The van der Waals surface area contributed by atoms with Gasteiger partial charge in [-0.3, -0.25) is 0 Å². The van der Waals surface area contributed by atoms with E-state index in [1.807, 2.05) is 0 Å². The van der Waals surface area contributed by atoms with Crippen LogP contribution in [0, 0.1) is 0 Å². The van der Waals surface area contributed by atoms with Crippen LogP contribution in [0.15, 0.2) is 0 Å². The van der Waals surface area contributed by atoms with Crippen LogP contribution >= 0.6 is 15.6 Å². The molecule has 0 spiro atoms. The fourth-order valence-corrected chi connectivity index (χ4v) is 1.10. The van der Waals surface area contributed by atoms with Gasteiger partial charge in [-0.2, -0.15) is 0 Å². The third-order valence-corrected chi connectivity index (χ3v) is 1.80. The van der Waals surface area contributed by atoms with Gasteiger partial charge in [0, 0.05) is 0 Å². The normalized spacial score (nSPS) is 8.86. The van der Waals surface area contributed by atoms with E-state index in [1.54, 1.807) is 0 Å². The molecule has 0 rings (SSSR count). The summed E-state index contributed by atoms with van der Waals surface area (Å²) in [6, 6.07) is 0. The Kier molecular flexibility index (Phi) is 41.4. The van der Waals surface area contributed by atoms with E-state index in [2.05, 4.69) is 4.31 Å². The van der Waals surface area contributed by atoms with Crippen molar-refractivity contribution >= 4 is 15.6 Å². The van der Waals surface area contributed by atoms with Crippen LogP contribution in [-0.4, -0.2) is 0 Å². The maximum absolute atomic E-state index is 9.32. The van der Waals surface area contributed by atoms with Crippen LogP contribution in [0.4, 0.5) is 0 Å². The molecule has 0 saturated carbocycles. The quantitative estimate of drug-likeness (QED) is 0.362. The van der Waals surface area contributed by atoms with Gasteiger partial charge >= 0.3 is 138 Å². The number of rotatable bonds is 2. The summed E-state index contributed by atoms with van der Waals surface area (Å²) in [4.78, 5) is 37.3. The molecule has 0 N–H and O–H groups in total. The molecule has 14 heteroatoms. The molecule has 0 amide bonds. The van der Waals surface area contributed by atoms with E-state index in [1.165, 1.54) is 0 Å². The Morgan fingerprint density at radius 1 is 0.714 bits per heavy atom. The molecule has 0 heterocycles. The van der Waals surface area contributed by atoms with E-state index < -0.39 is 15.6 Å². The number of hydrogen-bond donors (Lipinski definition) is 0. The van der Waals surface area contributed by atoms with Crippen molar-refractivity contribution in [2.75, 3.05) is 0 Å². The van der Waals surface area contributed by atoms with Gasteiger partial charge in [-0.1, -0.05) is 0 Å². The number of hydrogen-bond acceptors (Lipinski definition) is 7. The predicted octanol–water partition coefficient (Wildman–Crippen LogP) is -15.3. The third kappa shape index (κ3) is 36.0. The Balaban J connectivity index is -0.0000000320. The second kappa shape index (κ2) is 15.9. The van der Waals surface area contributed by atoms with Gasteiger partial charge in [0.2, 0.25) is 0 Å². The van der Waals surface area contributed by atoms with Crippen LogP contribution in [0.5, 0.6) is 0 Å². The minimum atomic E-state index is -5.68. The van der Waals surface area contributed by atoms with Crippen molar-refractivity contribution in [3.8, 4) is 0 Å². The largest absolute Gasteiger partial charge is 2.00 e. The smallest absolute Gasteiger partial charge is 0.790 e. The maximum atomic E-state index is 9.32. The Labute approximate surface area is 182 Å². The summed E-state index contributed by atoms with van der Waals surface area (Å²) in [7, 11) is -11.4. The minimum Gasteiger partial charge on any atom is -0.790 e. The van der Waals surface area contributed by atoms with Gasteiger partial charge in [-0.25, -0.2) is 0 Å². The zero-order chi connectivity index (χ0) is 7.71. The van der Waals surface area contributed by atoms with E-state index in [9.17, 15) is 28.7 Å². The van der Waals surface area contributed by atoms with E-state index in [4.69, 9.17) is 0 Å². The van der Waals surface area contributed by atoms with Gasteiger partial charge in [0.15, 0.2) is 0 Å². The van der Waals surface area contributed by atoms with Gasteiger partial charge < -0.3 is 33.0 Å². The molecule has 56 valence electrons. The first-order valence-corrected chi connectivity index (χ1v) is 4.38. The molecule has 0 aromatic rings. The fraction of sp³-hybridized carbons (Fsp3) is 0. The second-order valence-corrected chi connectivity index (χ2v) is 3.42.